The lowest BCUT2D eigenvalue weighted by atomic mass is 9.93. The molecule has 2 heterocycles. The number of nitrogens with one attached hydrogen (secondary N) is 1. The van der Waals surface area contributed by atoms with Crippen LogP contribution in [-0.2, 0) is 35.6 Å². The van der Waals surface area contributed by atoms with Crippen LogP contribution in [0.15, 0.2) is 15.5 Å². The topological polar surface area (TPSA) is 112 Å². The van der Waals surface area contributed by atoms with Crippen LogP contribution in [0.25, 0.3) is 0 Å². The molecule has 0 fully saturated rings. The molecule has 1 aromatic heterocycles. The molecule has 3 N–H and O–H groups in total. The average molecular weight is 416 g/mol. The largest absolute Gasteiger partial charge is 0.475 e. The summed E-state index contributed by atoms with van der Waals surface area (Å²) in [5, 5.41) is 13.1. The molecule has 2 aliphatic carbocycles. The average Bonchev–Trinajstić information content (AvgIpc) is 3.43. The number of carbonyl (C=O) groups is 1. The van der Waals surface area contributed by atoms with Crippen LogP contribution in [0.5, 0.6) is 5.88 Å². The fourth-order valence-electron chi connectivity index (χ4n) is 4.94. The highest BCUT2D eigenvalue weighted by Gasteiger charge is 2.30. The monoisotopic (exact) mass is 415 g/mol. The number of nitrogens with zero attached hydrogens (tertiary/aromatic N) is 3. The molecule has 1 aliphatic heterocycles. The highest BCUT2D eigenvalue weighted by molar-refractivity contribution is 7.91. The smallest absolute Gasteiger partial charge is 0.354 e. The van der Waals surface area contributed by atoms with E-state index in [1.165, 1.54) is 34.0 Å². The molecule has 2 aromatic rings. The second-order valence-electron chi connectivity index (χ2n) is 8.13. The van der Waals surface area contributed by atoms with Gasteiger partial charge in [-0.25, -0.2) is 18.8 Å². The summed E-state index contributed by atoms with van der Waals surface area (Å²) in [6.45, 7) is 4.56. The second-order valence-corrected chi connectivity index (χ2v) is 9.89. The Hall–Kier alpha value is -2.39. The normalized spacial score (nSPS) is 21.1. The number of hydrogen-bond donors (Lipinski definition) is 2. The van der Waals surface area contributed by atoms with E-state index in [0.717, 1.165) is 44.2 Å². The van der Waals surface area contributed by atoms with E-state index >= 15 is 0 Å². The Kier molecular flexibility index (Phi) is 4.22. The predicted octanol–water partition coefficient (Wildman–Crippen LogP) is 3.06. The zero-order valence-corrected chi connectivity index (χ0v) is 17.5. The van der Waals surface area contributed by atoms with E-state index in [2.05, 4.69) is 21.7 Å². The maximum atomic E-state index is 13.1. The number of hydrogen-bond acceptors (Lipinski definition) is 4. The van der Waals surface area contributed by atoms with Crippen LogP contribution >= 0.6 is 0 Å². The third kappa shape index (κ3) is 2.86. The standard InChI is InChI=1S/C20H25N5O3S/c1-11-10-28-19-17(9-22-25(11)19)29(21,27)24-20(26)23-18-15-7-3-5-13(15)12(2)14-6-4-8-16(14)18/h9,11H,3-8,10H2,1-2H3,(H3,21,23,24,26,27)/t11-,29-/m0/s1. The van der Waals surface area contributed by atoms with Crippen LogP contribution in [-0.4, -0.2) is 26.6 Å². The van der Waals surface area contributed by atoms with Gasteiger partial charge in [0.25, 0.3) is 0 Å². The first-order valence-electron chi connectivity index (χ1n) is 10.1. The molecule has 0 spiro atoms. The molecule has 8 nitrogen and oxygen atoms in total. The summed E-state index contributed by atoms with van der Waals surface area (Å²) in [4.78, 5) is 12.9. The number of fused-ring (bicyclic) bond motifs is 3. The summed E-state index contributed by atoms with van der Waals surface area (Å²) in [5.74, 6) is 0.332. The van der Waals surface area contributed by atoms with Gasteiger partial charge in [0.1, 0.15) is 11.5 Å². The Labute approximate surface area is 170 Å². The van der Waals surface area contributed by atoms with Crippen molar-refractivity contribution in [3.63, 3.8) is 0 Å². The van der Waals surface area contributed by atoms with Crippen molar-refractivity contribution in [3.8, 4) is 5.88 Å². The summed E-state index contributed by atoms with van der Waals surface area (Å²) >= 11 is 0. The van der Waals surface area contributed by atoms with Gasteiger partial charge >= 0.3 is 6.03 Å². The first kappa shape index (κ1) is 18.6. The highest BCUT2D eigenvalue weighted by Crippen LogP contribution is 2.41. The molecule has 9 heteroatoms. The van der Waals surface area contributed by atoms with Gasteiger partial charge in [0.15, 0.2) is 9.92 Å². The molecule has 0 bridgehead atoms. The van der Waals surface area contributed by atoms with Gasteiger partial charge in [-0.3, -0.25) is 0 Å². The van der Waals surface area contributed by atoms with Crippen molar-refractivity contribution in [1.29, 1.82) is 0 Å². The zero-order valence-electron chi connectivity index (χ0n) is 16.7. The fourth-order valence-corrected chi connectivity index (χ4v) is 5.93. The van der Waals surface area contributed by atoms with Gasteiger partial charge in [-0.1, -0.05) is 0 Å². The maximum absolute atomic E-state index is 13.1. The van der Waals surface area contributed by atoms with Crippen LogP contribution in [0.4, 0.5) is 10.5 Å². The molecular formula is C20H25N5O3S. The van der Waals surface area contributed by atoms with Crippen molar-refractivity contribution in [2.24, 2.45) is 9.50 Å². The molecule has 29 heavy (non-hydrogen) atoms. The van der Waals surface area contributed by atoms with E-state index in [-0.39, 0.29) is 10.9 Å². The van der Waals surface area contributed by atoms with Crippen LogP contribution in [0, 0.1) is 6.92 Å². The third-order valence-electron chi connectivity index (χ3n) is 6.31. The number of rotatable bonds is 2. The number of anilines is 1. The number of urea groups is 1. The van der Waals surface area contributed by atoms with Gasteiger partial charge in [0.05, 0.1) is 12.2 Å². The van der Waals surface area contributed by atoms with Gasteiger partial charge in [-0.05, 0) is 80.2 Å². The van der Waals surface area contributed by atoms with Crippen molar-refractivity contribution in [2.75, 3.05) is 11.9 Å². The summed E-state index contributed by atoms with van der Waals surface area (Å²) in [5.41, 5.74) is 7.36. The SMILES string of the molecule is Cc1c2c(c(NC(=O)N=[S@](N)(=O)c3cnn4c3OC[C@@H]4C)c3c1CCC3)CCC2. The maximum Gasteiger partial charge on any atom is 0.354 e. The Balaban J connectivity index is 1.51. The molecule has 0 unspecified atom stereocenters. The molecule has 0 saturated carbocycles. The minimum Gasteiger partial charge on any atom is -0.475 e. The van der Waals surface area contributed by atoms with E-state index in [9.17, 15) is 9.00 Å². The lowest BCUT2D eigenvalue weighted by Gasteiger charge is -2.18. The van der Waals surface area contributed by atoms with E-state index < -0.39 is 15.9 Å². The van der Waals surface area contributed by atoms with Crippen molar-refractivity contribution in [2.45, 2.75) is 63.3 Å². The number of carbonyl (C=O) groups excluding carboxylic acids is 1. The van der Waals surface area contributed by atoms with Crippen LogP contribution in [0.3, 0.4) is 0 Å². The molecule has 154 valence electrons. The van der Waals surface area contributed by atoms with Gasteiger partial charge < -0.3 is 10.1 Å². The molecule has 1 aromatic carbocycles. The Bertz CT molecular complexity index is 1120. The number of amides is 2. The van der Waals surface area contributed by atoms with Crippen LogP contribution in [0.1, 0.15) is 53.6 Å². The summed E-state index contributed by atoms with van der Waals surface area (Å²) in [6.07, 6.45) is 7.53. The minimum atomic E-state index is -3.47. The molecule has 2 atom stereocenters. The van der Waals surface area contributed by atoms with E-state index in [1.54, 1.807) is 4.68 Å². The molecular weight excluding hydrogens is 390 g/mol. The van der Waals surface area contributed by atoms with E-state index in [1.807, 2.05) is 6.92 Å². The lowest BCUT2D eigenvalue weighted by molar-refractivity contribution is 0.260. The fraction of sp³-hybridized carbons (Fsp3) is 0.500. The minimum absolute atomic E-state index is 0.0283. The van der Waals surface area contributed by atoms with Crippen molar-refractivity contribution < 1.29 is 13.7 Å². The molecule has 5 rings (SSSR count). The highest BCUT2D eigenvalue weighted by atomic mass is 32.2. The van der Waals surface area contributed by atoms with E-state index in [0.29, 0.717) is 12.5 Å². The molecule has 3 aliphatic rings. The number of ether oxygens (including phenoxy) is 1. The zero-order chi connectivity index (χ0) is 20.3. The van der Waals surface area contributed by atoms with Crippen molar-refractivity contribution in [3.05, 3.63) is 34.0 Å². The third-order valence-corrected chi connectivity index (χ3v) is 7.65. The van der Waals surface area contributed by atoms with Crippen molar-refractivity contribution in [1.82, 2.24) is 9.78 Å². The lowest BCUT2D eigenvalue weighted by Crippen LogP contribution is -2.19. The quantitative estimate of drug-likeness (QED) is 0.785. The first-order chi connectivity index (χ1) is 13.9. The first-order valence-corrected chi connectivity index (χ1v) is 11.7. The second kappa shape index (κ2) is 6.56. The number of benzene rings is 1. The van der Waals surface area contributed by atoms with Gasteiger partial charge in [0, 0.05) is 5.69 Å². The van der Waals surface area contributed by atoms with Crippen LogP contribution in [0.2, 0.25) is 0 Å². The molecule has 2 amide bonds. The van der Waals surface area contributed by atoms with Crippen molar-refractivity contribution >= 4 is 21.6 Å². The number of nitrogens with two attached hydrogens (primary N) is 1. The predicted molar refractivity (Wildman–Crippen MR) is 110 cm³/mol. The van der Waals surface area contributed by atoms with Gasteiger partial charge in [0.2, 0.25) is 5.88 Å². The Morgan fingerprint density at radius 3 is 2.52 bits per heavy atom. The van der Waals surface area contributed by atoms with Gasteiger partial charge in [-0.15, -0.1) is 4.36 Å². The summed E-state index contributed by atoms with van der Waals surface area (Å²) in [6, 6.07) is -0.656. The van der Waals surface area contributed by atoms with E-state index in [4.69, 9.17) is 9.88 Å². The number of aromatic nitrogens is 2. The Morgan fingerprint density at radius 1 is 1.24 bits per heavy atom. The summed E-state index contributed by atoms with van der Waals surface area (Å²) in [7, 11) is -3.47. The van der Waals surface area contributed by atoms with Crippen LogP contribution < -0.4 is 15.2 Å². The molecule has 0 radical (unpaired) electrons. The van der Waals surface area contributed by atoms with Gasteiger partial charge in [-0.2, -0.15) is 5.10 Å². The Morgan fingerprint density at radius 2 is 1.86 bits per heavy atom. The summed E-state index contributed by atoms with van der Waals surface area (Å²) < 4.78 is 24.1. The molecule has 0 saturated heterocycles.